The zero-order chi connectivity index (χ0) is 34.5. The average Bonchev–Trinajstić information content (AvgIpc) is 3.51. The molecule has 260 valence electrons. The van der Waals surface area contributed by atoms with Crippen LogP contribution >= 0.6 is 0 Å². The number of aliphatic hydroxyl groups excluding tert-OH is 1. The summed E-state index contributed by atoms with van der Waals surface area (Å²) in [5, 5.41) is 19.7. The number of carbonyl (C=O) groups is 2. The first-order valence-corrected chi connectivity index (χ1v) is 18.6. The minimum atomic E-state index is -0.528. The third-order valence-electron chi connectivity index (χ3n) is 15.4. The van der Waals surface area contributed by atoms with E-state index in [0.717, 1.165) is 57.8 Å². The first-order chi connectivity index (χ1) is 22.5. The van der Waals surface area contributed by atoms with Crippen LogP contribution in [0.3, 0.4) is 0 Å². The molecule has 48 heavy (non-hydrogen) atoms. The number of aliphatic hydroxyl groups is 1. The number of rotatable bonds is 5. The van der Waals surface area contributed by atoms with Gasteiger partial charge in [0.1, 0.15) is 12.3 Å². The second-order valence-electron chi connectivity index (χ2n) is 18.6. The van der Waals surface area contributed by atoms with E-state index in [9.17, 15) is 14.7 Å². The smallest absolute Gasteiger partial charge is 0.313 e. The zero-order valence-corrected chi connectivity index (χ0v) is 30.6. The van der Waals surface area contributed by atoms with Gasteiger partial charge in [0.2, 0.25) is 0 Å². The van der Waals surface area contributed by atoms with Gasteiger partial charge in [-0.25, -0.2) is 4.68 Å². The third kappa shape index (κ3) is 4.75. The molecule has 2 aromatic rings. The summed E-state index contributed by atoms with van der Waals surface area (Å²) in [6.45, 7) is 18.7. The zero-order valence-electron chi connectivity index (χ0n) is 30.6. The number of fused-ring (bicyclic) bond motifs is 7. The number of para-hydroxylation sites is 1. The molecule has 1 aromatic heterocycles. The molecule has 1 heterocycles. The number of carbonyl (C=O) groups excluding carboxylic acids is 2. The molecule has 4 fully saturated rings. The van der Waals surface area contributed by atoms with Crippen LogP contribution in [0.15, 0.2) is 42.1 Å². The molecule has 5 aliphatic rings. The van der Waals surface area contributed by atoms with E-state index in [1.54, 1.807) is 23.9 Å². The molecule has 0 bridgehead atoms. The van der Waals surface area contributed by atoms with E-state index in [-0.39, 0.29) is 57.5 Å². The topological polar surface area (TPSA) is 94.3 Å². The van der Waals surface area contributed by atoms with E-state index in [1.807, 2.05) is 18.2 Å². The van der Waals surface area contributed by atoms with Crippen LogP contribution < -0.4 is 0 Å². The summed E-state index contributed by atoms with van der Waals surface area (Å²) in [6.07, 6.45) is 14.2. The molecule has 0 unspecified atom stereocenters. The van der Waals surface area contributed by atoms with Crippen LogP contribution in [-0.4, -0.2) is 38.0 Å². The molecule has 4 saturated carbocycles. The van der Waals surface area contributed by atoms with Gasteiger partial charge in [0, 0.05) is 5.56 Å². The number of hydrogen-bond acceptors (Lipinski definition) is 6. The van der Waals surface area contributed by atoms with E-state index in [2.05, 4.69) is 64.9 Å². The monoisotopic (exact) mass is 655 g/mol. The van der Waals surface area contributed by atoms with Crippen LogP contribution in [0.2, 0.25) is 0 Å². The minimum absolute atomic E-state index is 0.0266. The summed E-state index contributed by atoms with van der Waals surface area (Å²) in [5.41, 5.74) is 3.28. The molecule has 0 saturated heterocycles. The number of ether oxygens (including phenoxy) is 1. The highest BCUT2D eigenvalue weighted by molar-refractivity contribution is 5.97. The molecule has 5 aliphatic carbocycles. The summed E-state index contributed by atoms with van der Waals surface area (Å²) in [7, 11) is 0. The highest BCUT2D eigenvalue weighted by Gasteiger charge is 2.69. The second kappa shape index (κ2) is 11.1. The standard InChI is InChI=1S/C41H57N3O4/c1-26(45)28-11-9-10-12-31(28)44-24-27(42-43-44)25-48-35(47)41-21-19-36(2,3)23-30(41)29-13-14-33-38(6)17-16-34(46)37(4,5)32(38)15-18-40(33,8)39(29,7)20-22-41/h9-13,24,30,32-34,46H,14-23,25H2,1-8H3/t30-,32-,33+,34-,38-,39+,40+,41-/m0/s1. The lowest BCUT2D eigenvalue weighted by atomic mass is 9.33. The number of aromatic nitrogens is 3. The molecule has 8 atom stereocenters. The number of allylic oxidation sites excluding steroid dienone is 2. The molecule has 7 rings (SSSR count). The molecule has 1 N–H and O–H groups in total. The highest BCUT2D eigenvalue weighted by atomic mass is 16.5. The Balaban J connectivity index is 1.17. The van der Waals surface area contributed by atoms with E-state index in [1.165, 1.54) is 12.0 Å². The average molecular weight is 656 g/mol. The van der Waals surface area contributed by atoms with Gasteiger partial charge in [0.25, 0.3) is 0 Å². The predicted octanol–water partition coefficient (Wildman–Crippen LogP) is 8.68. The summed E-state index contributed by atoms with van der Waals surface area (Å²) in [5.74, 6) is 1.13. The number of ketones is 1. The van der Waals surface area contributed by atoms with Crippen molar-refractivity contribution in [1.29, 1.82) is 0 Å². The summed E-state index contributed by atoms with van der Waals surface area (Å²) >= 11 is 0. The van der Waals surface area contributed by atoms with Gasteiger partial charge in [-0.15, -0.1) is 5.10 Å². The molecule has 0 aliphatic heterocycles. The van der Waals surface area contributed by atoms with Crippen LogP contribution in [-0.2, 0) is 16.1 Å². The van der Waals surface area contributed by atoms with Gasteiger partial charge in [-0.05, 0) is 128 Å². The largest absolute Gasteiger partial charge is 0.459 e. The third-order valence-corrected chi connectivity index (χ3v) is 15.4. The number of esters is 1. The van der Waals surface area contributed by atoms with Crippen LogP contribution in [0.1, 0.15) is 136 Å². The van der Waals surface area contributed by atoms with E-state index in [4.69, 9.17) is 4.74 Å². The summed E-state index contributed by atoms with van der Waals surface area (Å²) in [6, 6.07) is 7.35. The normalized spacial score (nSPS) is 39.6. The van der Waals surface area contributed by atoms with Gasteiger partial charge in [0.15, 0.2) is 5.78 Å². The maximum absolute atomic E-state index is 14.5. The summed E-state index contributed by atoms with van der Waals surface area (Å²) in [4.78, 5) is 26.7. The molecule has 0 amide bonds. The van der Waals surface area contributed by atoms with Crippen molar-refractivity contribution in [3.8, 4) is 5.69 Å². The quantitative estimate of drug-likeness (QED) is 0.197. The number of Topliss-reactive ketones (excluding diaryl/α,β-unsaturated/α-hetero) is 1. The van der Waals surface area contributed by atoms with Crippen molar-refractivity contribution in [2.24, 2.45) is 50.2 Å². The molecule has 0 spiro atoms. The van der Waals surface area contributed by atoms with Crippen molar-refractivity contribution in [3.63, 3.8) is 0 Å². The maximum Gasteiger partial charge on any atom is 0.313 e. The molecular formula is C41H57N3O4. The number of benzene rings is 1. The van der Waals surface area contributed by atoms with E-state index < -0.39 is 5.41 Å². The maximum atomic E-state index is 14.5. The lowest BCUT2D eigenvalue weighted by Gasteiger charge is -2.71. The molecule has 1 aromatic carbocycles. The van der Waals surface area contributed by atoms with Gasteiger partial charge >= 0.3 is 5.97 Å². The lowest BCUT2D eigenvalue weighted by molar-refractivity contribution is -0.206. The van der Waals surface area contributed by atoms with Crippen molar-refractivity contribution < 1.29 is 19.4 Å². The van der Waals surface area contributed by atoms with Crippen molar-refractivity contribution in [2.75, 3.05) is 0 Å². The van der Waals surface area contributed by atoms with E-state index >= 15 is 0 Å². The predicted molar refractivity (Wildman–Crippen MR) is 186 cm³/mol. The van der Waals surface area contributed by atoms with Gasteiger partial charge < -0.3 is 9.84 Å². The van der Waals surface area contributed by atoms with Crippen LogP contribution in [0.5, 0.6) is 0 Å². The van der Waals surface area contributed by atoms with Gasteiger partial charge in [-0.1, -0.05) is 77.5 Å². The molecule has 7 heteroatoms. The Morgan fingerprint density at radius 3 is 2.42 bits per heavy atom. The SMILES string of the molecule is CC(=O)c1ccccc1-n1cc(COC(=O)[C@]23CCC(C)(C)C[C@H]2C2=CC[C@@H]4[C@@]5(C)CC[C@H](O)C(C)(C)[C@@H]5CC[C@@]4(C)[C@]2(C)CC3)nn1. The van der Waals surface area contributed by atoms with Gasteiger partial charge in [-0.3, -0.25) is 9.59 Å². The van der Waals surface area contributed by atoms with Crippen LogP contribution in [0.4, 0.5) is 0 Å². The first kappa shape index (κ1) is 33.7. The number of nitrogens with zero attached hydrogens (tertiary/aromatic N) is 3. The Morgan fingerprint density at radius 1 is 0.938 bits per heavy atom. The van der Waals surface area contributed by atoms with Crippen LogP contribution in [0, 0.1) is 50.2 Å². The molecule has 0 radical (unpaired) electrons. The summed E-state index contributed by atoms with van der Waals surface area (Å²) < 4.78 is 7.82. The lowest BCUT2D eigenvalue weighted by Crippen LogP contribution is -2.65. The second-order valence-corrected chi connectivity index (χ2v) is 18.6. The Hall–Kier alpha value is -2.80. The fraction of sp³-hybridized carbons (Fsp3) is 0.707. The Labute approximate surface area is 287 Å². The van der Waals surface area contributed by atoms with Crippen molar-refractivity contribution in [2.45, 2.75) is 132 Å². The van der Waals surface area contributed by atoms with Crippen molar-refractivity contribution in [1.82, 2.24) is 15.0 Å². The van der Waals surface area contributed by atoms with Crippen molar-refractivity contribution >= 4 is 11.8 Å². The minimum Gasteiger partial charge on any atom is -0.459 e. The van der Waals surface area contributed by atoms with E-state index in [0.29, 0.717) is 28.8 Å². The Bertz CT molecular complexity index is 1660. The molecule has 7 nitrogen and oxygen atoms in total. The molecular weight excluding hydrogens is 598 g/mol. The first-order valence-electron chi connectivity index (χ1n) is 18.6. The van der Waals surface area contributed by atoms with Crippen LogP contribution in [0.25, 0.3) is 5.69 Å². The Morgan fingerprint density at radius 2 is 1.67 bits per heavy atom. The van der Waals surface area contributed by atoms with Crippen molar-refractivity contribution in [3.05, 3.63) is 53.4 Å². The highest BCUT2D eigenvalue weighted by Crippen LogP contribution is 2.75. The fourth-order valence-electron chi connectivity index (χ4n) is 12.3. The van der Waals surface area contributed by atoms with Gasteiger partial charge in [0.05, 0.1) is 23.4 Å². The number of hydrogen-bond donors (Lipinski definition) is 1. The Kier molecular flexibility index (Phi) is 7.79. The van der Waals surface area contributed by atoms with Gasteiger partial charge in [-0.2, -0.15) is 0 Å². The fourth-order valence-corrected chi connectivity index (χ4v) is 12.3.